The first kappa shape index (κ1) is 18.2. The molecule has 1 aromatic heterocycles. The molecule has 1 aliphatic rings. The normalized spacial score (nSPS) is 19.2. The number of ketones is 1. The molecule has 0 saturated carbocycles. The van der Waals surface area contributed by atoms with Gasteiger partial charge in [-0.25, -0.2) is 4.68 Å². The van der Waals surface area contributed by atoms with Crippen LogP contribution in [0.5, 0.6) is 0 Å². The minimum Gasteiger partial charge on any atom is -0.351 e. The topological polar surface area (TPSA) is 81.3 Å². The van der Waals surface area contributed by atoms with Gasteiger partial charge in [0.15, 0.2) is 0 Å². The molecule has 7 nitrogen and oxygen atoms in total. The molecule has 1 fully saturated rings. The maximum atomic E-state index is 12.4. The number of hydrogen-bond acceptors (Lipinski definition) is 5. The van der Waals surface area contributed by atoms with Gasteiger partial charge >= 0.3 is 11.9 Å². The van der Waals surface area contributed by atoms with Crippen molar-refractivity contribution in [3.8, 4) is 0 Å². The number of alkyl halides is 3. The first-order chi connectivity index (χ1) is 11.2. The number of hydrogen-bond donors (Lipinski definition) is 0. The second kappa shape index (κ2) is 7.18. The number of rotatable bonds is 5. The number of nitro groups is 1. The number of anilines is 1. The summed E-state index contributed by atoms with van der Waals surface area (Å²) in [6.07, 6.45) is -2.69. The van der Waals surface area contributed by atoms with Gasteiger partial charge in [0.2, 0.25) is 11.6 Å². The lowest BCUT2D eigenvalue weighted by Gasteiger charge is -2.22. The molecule has 0 spiro atoms. The van der Waals surface area contributed by atoms with E-state index >= 15 is 0 Å². The van der Waals surface area contributed by atoms with Gasteiger partial charge in [-0.2, -0.15) is 18.3 Å². The summed E-state index contributed by atoms with van der Waals surface area (Å²) in [5.74, 6) is -1.68. The molecule has 1 atom stereocenters. The van der Waals surface area contributed by atoms with Crippen molar-refractivity contribution in [2.24, 2.45) is 5.92 Å². The Morgan fingerprint density at radius 3 is 2.71 bits per heavy atom. The summed E-state index contributed by atoms with van der Waals surface area (Å²) in [5.41, 5.74) is -0.110. The van der Waals surface area contributed by atoms with Crippen LogP contribution in [0.2, 0.25) is 0 Å². The van der Waals surface area contributed by atoms with E-state index in [1.807, 2.05) is 6.92 Å². The average Bonchev–Trinajstić information content (AvgIpc) is 2.80. The predicted octanol–water partition coefficient (Wildman–Crippen LogP) is 2.94. The molecule has 0 radical (unpaired) electrons. The Labute approximate surface area is 136 Å². The number of aryl methyl sites for hydroxylation is 1. The van der Waals surface area contributed by atoms with E-state index in [4.69, 9.17) is 0 Å². The minimum absolute atomic E-state index is 0.110. The van der Waals surface area contributed by atoms with Crippen molar-refractivity contribution in [3.05, 3.63) is 16.3 Å². The number of nitrogens with zero attached hydrogens (tertiary/aromatic N) is 4. The Morgan fingerprint density at radius 1 is 1.42 bits per heavy atom. The third-order valence-corrected chi connectivity index (χ3v) is 4.23. The van der Waals surface area contributed by atoms with Crippen molar-refractivity contribution in [3.63, 3.8) is 0 Å². The molecule has 134 valence electrons. The summed E-state index contributed by atoms with van der Waals surface area (Å²) in [7, 11) is 0. The lowest BCUT2D eigenvalue weighted by molar-refractivity contribution is -0.384. The van der Waals surface area contributed by atoms with Crippen LogP contribution in [0, 0.1) is 16.0 Å². The second-order valence-electron chi connectivity index (χ2n) is 5.84. The van der Waals surface area contributed by atoms with Crippen LogP contribution in [0.25, 0.3) is 0 Å². The lowest BCUT2D eigenvalue weighted by Crippen LogP contribution is -2.28. The van der Waals surface area contributed by atoms with Crippen molar-refractivity contribution in [1.29, 1.82) is 0 Å². The van der Waals surface area contributed by atoms with E-state index in [-0.39, 0.29) is 11.6 Å². The summed E-state index contributed by atoms with van der Waals surface area (Å²) < 4.78 is 38.7. The van der Waals surface area contributed by atoms with Gasteiger partial charge in [0, 0.05) is 26.1 Å². The number of halogens is 3. The third kappa shape index (κ3) is 4.04. The van der Waals surface area contributed by atoms with E-state index in [0.29, 0.717) is 44.7 Å². The second-order valence-corrected chi connectivity index (χ2v) is 5.84. The van der Waals surface area contributed by atoms with Gasteiger partial charge < -0.3 is 4.90 Å². The summed E-state index contributed by atoms with van der Waals surface area (Å²) >= 11 is 0. The van der Waals surface area contributed by atoms with E-state index in [9.17, 15) is 28.1 Å². The molecule has 0 amide bonds. The summed E-state index contributed by atoms with van der Waals surface area (Å²) in [4.78, 5) is 23.6. The van der Waals surface area contributed by atoms with Gasteiger partial charge in [-0.15, -0.1) is 0 Å². The fraction of sp³-hybridized carbons (Fsp3) is 0.714. The molecule has 0 aromatic carbocycles. The molecule has 0 bridgehead atoms. The Morgan fingerprint density at radius 2 is 2.12 bits per heavy atom. The summed E-state index contributed by atoms with van der Waals surface area (Å²) in [5, 5.41) is 15.1. The van der Waals surface area contributed by atoms with Crippen molar-refractivity contribution in [2.75, 3.05) is 18.0 Å². The molecule has 2 heterocycles. The van der Waals surface area contributed by atoms with Crippen LogP contribution in [0.1, 0.15) is 32.6 Å². The number of aromatic nitrogens is 2. The molecule has 1 aromatic rings. The average molecular weight is 348 g/mol. The Balaban J connectivity index is 2.10. The SMILES string of the molecule is CCn1ncc([N+](=O)[O-])c1N1CCC[C@@H](CC(=O)C(F)(F)F)CC1. The van der Waals surface area contributed by atoms with Gasteiger partial charge in [0.1, 0.15) is 6.20 Å². The zero-order chi connectivity index (χ0) is 17.9. The van der Waals surface area contributed by atoms with Gasteiger partial charge in [0.25, 0.3) is 0 Å². The van der Waals surface area contributed by atoms with Crippen LogP contribution >= 0.6 is 0 Å². The monoisotopic (exact) mass is 348 g/mol. The van der Waals surface area contributed by atoms with Gasteiger partial charge in [-0.1, -0.05) is 0 Å². The molecule has 0 N–H and O–H groups in total. The van der Waals surface area contributed by atoms with E-state index < -0.39 is 23.3 Å². The molecule has 1 aliphatic heterocycles. The molecule has 2 rings (SSSR count). The Hall–Kier alpha value is -2.13. The van der Waals surface area contributed by atoms with Crippen molar-refractivity contribution < 1.29 is 22.9 Å². The quantitative estimate of drug-likeness (QED) is 0.604. The smallest absolute Gasteiger partial charge is 0.351 e. The van der Waals surface area contributed by atoms with Gasteiger partial charge in [-0.3, -0.25) is 14.9 Å². The van der Waals surface area contributed by atoms with Gasteiger partial charge in [-0.05, 0) is 32.1 Å². The van der Waals surface area contributed by atoms with E-state index in [1.165, 1.54) is 10.9 Å². The maximum Gasteiger partial charge on any atom is 0.449 e. The van der Waals surface area contributed by atoms with Crippen molar-refractivity contribution in [2.45, 2.75) is 45.3 Å². The highest BCUT2D eigenvalue weighted by Crippen LogP contribution is 2.32. The molecule has 0 aliphatic carbocycles. The molecular formula is C14H19F3N4O3. The molecule has 10 heteroatoms. The zero-order valence-corrected chi connectivity index (χ0v) is 13.3. The van der Waals surface area contributed by atoms with E-state index in [1.54, 1.807) is 4.90 Å². The highest BCUT2D eigenvalue weighted by Gasteiger charge is 2.39. The minimum atomic E-state index is -4.80. The first-order valence-corrected chi connectivity index (χ1v) is 7.79. The third-order valence-electron chi connectivity index (χ3n) is 4.23. The van der Waals surface area contributed by atoms with Crippen LogP contribution in [0.3, 0.4) is 0 Å². The van der Waals surface area contributed by atoms with Crippen LogP contribution in [0.4, 0.5) is 24.7 Å². The molecule has 1 saturated heterocycles. The fourth-order valence-electron chi connectivity index (χ4n) is 3.01. The molecule has 24 heavy (non-hydrogen) atoms. The standard InChI is InChI=1S/C14H19F3N4O3/c1-2-20-13(11(9-18-20)21(23)24)19-6-3-4-10(5-7-19)8-12(22)14(15,16)17/h9-10H,2-8H2,1H3/t10-/m1/s1. The first-order valence-electron chi connectivity index (χ1n) is 7.79. The largest absolute Gasteiger partial charge is 0.449 e. The maximum absolute atomic E-state index is 12.4. The van der Waals surface area contributed by atoms with Crippen molar-refractivity contribution >= 4 is 17.3 Å². The van der Waals surface area contributed by atoms with E-state index in [0.717, 1.165) is 0 Å². The fourth-order valence-corrected chi connectivity index (χ4v) is 3.01. The van der Waals surface area contributed by atoms with Crippen LogP contribution in [-0.4, -0.2) is 39.8 Å². The van der Waals surface area contributed by atoms with Crippen molar-refractivity contribution in [1.82, 2.24) is 9.78 Å². The van der Waals surface area contributed by atoms with Crippen LogP contribution in [-0.2, 0) is 11.3 Å². The zero-order valence-electron chi connectivity index (χ0n) is 13.3. The van der Waals surface area contributed by atoms with Gasteiger partial charge in [0.05, 0.1) is 4.92 Å². The lowest BCUT2D eigenvalue weighted by atomic mass is 9.94. The Kier molecular flexibility index (Phi) is 5.45. The highest BCUT2D eigenvalue weighted by molar-refractivity contribution is 5.84. The number of Topliss-reactive ketones (excluding diaryl/α,β-unsaturated/α-hetero) is 1. The van der Waals surface area contributed by atoms with E-state index in [2.05, 4.69) is 5.10 Å². The highest BCUT2D eigenvalue weighted by atomic mass is 19.4. The van der Waals surface area contributed by atoms with Crippen LogP contribution in [0.15, 0.2) is 6.20 Å². The predicted molar refractivity (Wildman–Crippen MR) is 79.8 cm³/mol. The summed E-state index contributed by atoms with van der Waals surface area (Å²) in [6.45, 7) is 3.12. The Bertz CT molecular complexity index is 615. The summed E-state index contributed by atoms with van der Waals surface area (Å²) in [6, 6.07) is 0. The number of carbonyl (C=O) groups excluding carboxylic acids is 1. The number of carbonyl (C=O) groups is 1. The molecule has 0 unspecified atom stereocenters. The van der Waals surface area contributed by atoms with Crippen LogP contribution < -0.4 is 4.90 Å². The molecular weight excluding hydrogens is 329 g/mol.